The van der Waals surface area contributed by atoms with Gasteiger partial charge in [-0.1, -0.05) is 11.6 Å². The zero-order chi connectivity index (χ0) is 17.3. The second kappa shape index (κ2) is 6.49. The molecule has 0 saturated carbocycles. The second-order valence-electron chi connectivity index (χ2n) is 5.36. The molecule has 0 fully saturated rings. The number of fused-ring (bicyclic) bond motifs is 1. The molecule has 0 aliphatic rings. The summed E-state index contributed by atoms with van der Waals surface area (Å²) in [7, 11) is 0. The van der Waals surface area contributed by atoms with Crippen molar-refractivity contribution in [1.29, 1.82) is 0 Å². The molecule has 2 heterocycles. The first-order chi connectivity index (χ1) is 11.5. The molecule has 0 unspecified atom stereocenters. The topological polar surface area (TPSA) is 77.1 Å². The van der Waals surface area contributed by atoms with Crippen LogP contribution in [0.1, 0.15) is 28.7 Å². The quantitative estimate of drug-likeness (QED) is 0.788. The van der Waals surface area contributed by atoms with Gasteiger partial charge in [0.15, 0.2) is 6.39 Å². The minimum absolute atomic E-state index is 0.0766. The highest BCUT2D eigenvalue weighted by molar-refractivity contribution is 6.31. The standard InChI is InChI=1S/C17H16ClN3O3/c1-3-21-8-13(16(22)12-6-11(18)4-5-15(12)21)17(23)19-7-14-10(2)24-9-20-14/h4-6,8-9H,3,7H2,1-2H3,(H,19,23). The van der Waals surface area contributed by atoms with Gasteiger partial charge in [-0.15, -0.1) is 0 Å². The van der Waals surface area contributed by atoms with Crippen LogP contribution in [0.3, 0.4) is 0 Å². The van der Waals surface area contributed by atoms with Crippen molar-refractivity contribution < 1.29 is 9.21 Å². The predicted molar refractivity (Wildman–Crippen MR) is 91.3 cm³/mol. The molecule has 3 rings (SSSR count). The smallest absolute Gasteiger partial charge is 0.257 e. The average Bonchev–Trinajstić information content (AvgIpc) is 2.98. The number of hydrogen-bond donors (Lipinski definition) is 1. The molecule has 0 atom stereocenters. The molecule has 7 heteroatoms. The fraction of sp³-hybridized carbons (Fsp3) is 0.235. The van der Waals surface area contributed by atoms with E-state index in [0.29, 0.717) is 28.4 Å². The Bertz CT molecular complexity index is 975. The van der Waals surface area contributed by atoms with Crippen molar-refractivity contribution in [2.24, 2.45) is 0 Å². The molecular weight excluding hydrogens is 330 g/mol. The summed E-state index contributed by atoms with van der Waals surface area (Å²) in [6, 6.07) is 5.09. The molecule has 1 N–H and O–H groups in total. The third-order valence-corrected chi connectivity index (χ3v) is 4.12. The molecule has 6 nitrogen and oxygen atoms in total. The number of rotatable bonds is 4. The highest BCUT2D eigenvalue weighted by Gasteiger charge is 2.16. The number of aromatic nitrogens is 2. The molecule has 0 bridgehead atoms. The number of oxazole rings is 1. The van der Waals surface area contributed by atoms with E-state index in [1.807, 2.05) is 11.5 Å². The molecule has 124 valence electrons. The summed E-state index contributed by atoms with van der Waals surface area (Å²) in [5.74, 6) is 0.179. The lowest BCUT2D eigenvalue weighted by atomic mass is 10.1. The van der Waals surface area contributed by atoms with E-state index in [4.69, 9.17) is 16.0 Å². The number of carbonyl (C=O) groups excluding carboxylic acids is 1. The van der Waals surface area contributed by atoms with Crippen LogP contribution in [-0.2, 0) is 13.1 Å². The van der Waals surface area contributed by atoms with Crippen LogP contribution in [-0.4, -0.2) is 15.5 Å². The third kappa shape index (κ3) is 2.92. The van der Waals surface area contributed by atoms with Gasteiger partial charge in [-0.2, -0.15) is 0 Å². The van der Waals surface area contributed by atoms with Crippen LogP contribution in [0, 0.1) is 6.92 Å². The molecule has 3 aromatic rings. The Labute approximate surface area is 143 Å². The van der Waals surface area contributed by atoms with Crippen LogP contribution in [0.15, 0.2) is 40.0 Å². The zero-order valence-electron chi connectivity index (χ0n) is 13.3. The number of nitrogens with zero attached hydrogens (tertiary/aromatic N) is 2. The van der Waals surface area contributed by atoms with Crippen molar-refractivity contribution in [2.75, 3.05) is 0 Å². The van der Waals surface area contributed by atoms with Gasteiger partial charge >= 0.3 is 0 Å². The average molecular weight is 346 g/mol. The Morgan fingerprint density at radius 3 is 2.88 bits per heavy atom. The van der Waals surface area contributed by atoms with Crippen LogP contribution in [0.25, 0.3) is 10.9 Å². The normalized spacial score (nSPS) is 11.0. The van der Waals surface area contributed by atoms with Crippen molar-refractivity contribution in [2.45, 2.75) is 26.9 Å². The van der Waals surface area contributed by atoms with Crippen molar-refractivity contribution in [3.63, 3.8) is 0 Å². The first-order valence-corrected chi connectivity index (χ1v) is 7.89. The molecule has 2 aromatic heterocycles. The minimum atomic E-state index is -0.452. The molecule has 24 heavy (non-hydrogen) atoms. The van der Waals surface area contributed by atoms with Crippen LogP contribution in [0.4, 0.5) is 0 Å². The fourth-order valence-electron chi connectivity index (χ4n) is 2.55. The molecule has 0 saturated heterocycles. The molecule has 0 aliphatic carbocycles. The van der Waals surface area contributed by atoms with Crippen molar-refractivity contribution in [3.05, 3.63) is 63.1 Å². The van der Waals surface area contributed by atoms with Gasteiger partial charge < -0.3 is 14.3 Å². The lowest BCUT2D eigenvalue weighted by Crippen LogP contribution is -2.29. The lowest BCUT2D eigenvalue weighted by molar-refractivity contribution is 0.0949. The molecule has 0 aliphatic heterocycles. The van der Waals surface area contributed by atoms with E-state index in [-0.39, 0.29) is 17.5 Å². The largest absolute Gasteiger partial charge is 0.448 e. The van der Waals surface area contributed by atoms with Gasteiger partial charge in [0, 0.05) is 23.2 Å². The van der Waals surface area contributed by atoms with E-state index in [0.717, 1.165) is 5.52 Å². The zero-order valence-corrected chi connectivity index (χ0v) is 14.1. The summed E-state index contributed by atoms with van der Waals surface area (Å²) >= 11 is 6.00. The summed E-state index contributed by atoms with van der Waals surface area (Å²) in [5.41, 5.74) is 1.11. The number of amides is 1. The Morgan fingerprint density at radius 1 is 1.42 bits per heavy atom. The number of carbonyl (C=O) groups is 1. The molecule has 0 spiro atoms. The van der Waals surface area contributed by atoms with Gasteiger partial charge in [0.25, 0.3) is 5.91 Å². The summed E-state index contributed by atoms with van der Waals surface area (Å²) in [4.78, 5) is 29.1. The third-order valence-electron chi connectivity index (χ3n) is 3.89. The maximum atomic E-state index is 12.7. The number of hydrogen-bond acceptors (Lipinski definition) is 4. The number of pyridine rings is 1. The van der Waals surface area contributed by atoms with E-state index in [9.17, 15) is 9.59 Å². The van der Waals surface area contributed by atoms with Crippen LogP contribution < -0.4 is 10.7 Å². The van der Waals surface area contributed by atoms with Gasteiger partial charge in [0.1, 0.15) is 17.0 Å². The van der Waals surface area contributed by atoms with E-state index >= 15 is 0 Å². The Morgan fingerprint density at radius 2 is 2.21 bits per heavy atom. The van der Waals surface area contributed by atoms with Crippen LogP contribution in [0.5, 0.6) is 0 Å². The van der Waals surface area contributed by atoms with Gasteiger partial charge in [-0.3, -0.25) is 9.59 Å². The van der Waals surface area contributed by atoms with Crippen LogP contribution in [0.2, 0.25) is 5.02 Å². The van der Waals surface area contributed by atoms with Crippen molar-refractivity contribution >= 4 is 28.4 Å². The summed E-state index contributed by atoms with van der Waals surface area (Å²) in [6.07, 6.45) is 2.89. The maximum absolute atomic E-state index is 12.7. The number of benzene rings is 1. The monoisotopic (exact) mass is 345 g/mol. The fourth-order valence-corrected chi connectivity index (χ4v) is 2.72. The number of nitrogens with one attached hydrogen (secondary N) is 1. The van der Waals surface area contributed by atoms with E-state index < -0.39 is 5.91 Å². The maximum Gasteiger partial charge on any atom is 0.257 e. The number of halogens is 1. The van der Waals surface area contributed by atoms with Crippen molar-refractivity contribution in [1.82, 2.24) is 14.9 Å². The summed E-state index contributed by atoms with van der Waals surface area (Å²) < 4.78 is 6.94. The first kappa shape index (κ1) is 16.3. The van der Waals surface area contributed by atoms with Crippen LogP contribution >= 0.6 is 11.6 Å². The van der Waals surface area contributed by atoms with Crippen molar-refractivity contribution in [3.8, 4) is 0 Å². The Balaban J connectivity index is 1.99. The summed E-state index contributed by atoms with van der Waals surface area (Å²) in [5, 5.41) is 3.59. The van der Waals surface area contributed by atoms with E-state index in [2.05, 4.69) is 10.3 Å². The SMILES string of the molecule is CCn1cc(C(=O)NCc2ncoc2C)c(=O)c2cc(Cl)ccc21. The van der Waals surface area contributed by atoms with Gasteiger partial charge in [0.05, 0.1) is 12.1 Å². The Hall–Kier alpha value is -2.60. The van der Waals surface area contributed by atoms with E-state index in [1.165, 1.54) is 6.39 Å². The molecular formula is C17H16ClN3O3. The number of aryl methyl sites for hydroxylation is 2. The molecule has 1 amide bonds. The Kier molecular flexibility index (Phi) is 4.40. The predicted octanol–water partition coefficient (Wildman–Crippen LogP) is 2.90. The minimum Gasteiger partial charge on any atom is -0.448 e. The molecule has 0 radical (unpaired) electrons. The van der Waals surface area contributed by atoms with Gasteiger partial charge in [-0.05, 0) is 32.0 Å². The highest BCUT2D eigenvalue weighted by Crippen LogP contribution is 2.17. The lowest BCUT2D eigenvalue weighted by Gasteiger charge is -2.12. The molecule has 1 aromatic carbocycles. The second-order valence-corrected chi connectivity index (χ2v) is 5.79. The van der Waals surface area contributed by atoms with Gasteiger partial charge in [-0.25, -0.2) is 4.98 Å². The first-order valence-electron chi connectivity index (χ1n) is 7.51. The van der Waals surface area contributed by atoms with E-state index in [1.54, 1.807) is 31.3 Å². The highest BCUT2D eigenvalue weighted by atomic mass is 35.5. The van der Waals surface area contributed by atoms with Gasteiger partial charge in [0.2, 0.25) is 5.43 Å². The summed E-state index contributed by atoms with van der Waals surface area (Å²) in [6.45, 7) is 4.52.